The lowest BCUT2D eigenvalue weighted by Crippen LogP contribution is -2.37. The summed E-state index contributed by atoms with van der Waals surface area (Å²) in [7, 11) is 1.64. The zero-order valence-electron chi connectivity index (χ0n) is 39.9. The van der Waals surface area contributed by atoms with Crippen molar-refractivity contribution >= 4 is 13.8 Å². The van der Waals surface area contributed by atoms with Crippen LogP contribution in [0.15, 0.2) is 85.1 Å². The molecule has 0 saturated heterocycles. The molecule has 0 radical (unpaired) electrons. The number of ether oxygens (including phenoxy) is 2. The Morgan fingerprint density at radius 1 is 0.525 bits per heavy atom. The van der Waals surface area contributed by atoms with Gasteiger partial charge >= 0.3 is 13.8 Å². The number of phosphoric ester groups is 1. The fourth-order valence-corrected chi connectivity index (χ4v) is 6.94. The number of allylic oxidation sites excluding steroid dienone is 14. The summed E-state index contributed by atoms with van der Waals surface area (Å²) >= 11 is 0. The number of phosphoric acid groups is 1. The SMILES string of the molecule is CC/C=C\C/C=C\C/C=C\C/C=C\CCCCCCCCC(=O)OC(COCCCCCCCCC/C=C\C/C=C\C/C=C\CCCCC)COP(=O)(O)OCC[N+](C)(C)C. The lowest BCUT2D eigenvalue weighted by atomic mass is 10.1. The molecule has 0 heterocycles. The third kappa shape index (κ3) is 48.6. The fourth-order valence-electron chi connectivity index (χ4n) is 6.20. The minimum absolute atomic E-state index is 0.0787. The molecule has 2 unspecified atom stereocenters. The second-order valence-electron chi connectivity index (χ2n) is 17.1. The van der Waals surface area contributed by atoms with Crippen LogP contribution in [0, 0.1) is 0 Å². The van der Waals surface area contributed by atoms with Crippen LogP contribution in [0.3, 0.4) is 0 Å². The summed E-state index contributed by atoms with van der Waals surface area (Å²) in [5.41, 5.74) is 0. The van der Waals surface area contributed by atoms with Gasteiger partial charge in [-0.15, -0.1) is 0 Å². The number of nitrogens with zero attached hydrogens (tertiary/aromatic N) is 1. The topological polar surface area (TPSA) is 91.3 Å². The lowest BCUT2D eigenvalue weighted by molar-refractivity contribution is -0.870. The highest BCUT2D eigenvalue weighted by Crippen LogP contribution is 2.43. The molecule has 0 rings (SSSR count). The molecule has 0 aromatic carbocycles. The second kappa shape index (κ2) is 44.3. The molecule has 0 bridgehead atoms. The van der Waals surface area contributed by atoms with Crippen molar-refractivity contribution in [2.24, 2.45) is 0 Å². The summed E-state index contributed by atoms with van der Waals surface area (Å²) in [6.45, 7) is 5.43. The van der Waals surface area contributed by atoms with E-state index < -0.39 is 13.9 Å². The number of likely N-dealkylation sites (N-methyl/N-ethyl adjacent to an activating group) is 1. The third-order valence-electron chi connectivity index (χ3n) is 9.94. The first kappa shape index (κ1) is 58.7. The molecule has 0 aliphatic rings. The Bertz CT molecular complexity index is 1250. The zero-order valence-corrected chi connectivity index (χ0v) is 40.8. The Labute approximate surface area is 375 Å². The van der Waals surface area contributed by atoms with E-state index >= 15 is 0 Å². The van der Waals surface area contributed by atoms with Gasteiger partial charge in [0.05, 0.1) is 34.4 Å². The maximum Gasteiger partial charge on any atom is 0.472 e. The van der Waals surface area contributed by atoms with E-state index in [1.54, 1.807) is 0 Å². The van der Waals surface area contributed by atoms with Gasteiger partial charge in [-0.05, 0) is 89.9 Å². The quantitative estimate of drug-likeness (QED) is 0.0214. The molecular weight excluding hydrogens is 782 g/mol. The maximum atomic E-state index is 12.7. The number of unbranched alkanes of at least 4 members (excludes halogenated alkanes) is 16. The summed E-state index contributed by atoms with van der Waals surface area (Å²) in [4.78, 5) is 23.0. The number of carbonyl (C=O) groups is 1. The van der Waals surface area contributed by atoms with Crippen LogP contribution < -0.4 is 0 Å². The molecule has 0 aromatic rings. The van der Waals surface area contributed by atoms with E-state index in [-0.39, 0.29) is 25.8 Å². The molecule has 9 heteroatoms. The van der Waals surface area contributed by atoms with Crippen molar-refractivity contribution in [3.05, 3.63) is 85.1 Å². The Hall–Kier alpha value is -2.32. The fraction of sp³-hybridized carbons (Fsp3) is 0.712. The van der Waals surface area contributed by atoms with Gasteiger partial charge in [-0.25, -0.2) is 4.57 Å². The number of hydrogen-bond acceptors (Lipinski definition) is 6. The van der Waals surface area contributed by atoms with Gasteiger partial charge in [-0.2, -0.15) is 0 Å². The van der Waals surface area contributed by atoms with Crippen LogP contribution in [0.2, 0.25) is 0 Å². The van der Waals surface area contributed by atoms with Crippen molar-refractivity contribution in [1.82, 2.24) is 0 Å². The number of rotatable bonds is 44. The molecule has 0 aliphatic carbocycles. The summed E-state index contributed by atoms with van der Waals surface area (Å²) in [6.07, 6.45) is 59.0. The van der Waals surface area contributed by atoms with Crippen molar-refractivity contribution in [3.63, 3.8) is 0 Å². The second-order valence-corrected chi connectivity index (χ2v) is 18.6. The zero-order chi connectivity index (χ0) is 44.8. The van der Waals surface area contributed by atoms with Crippen LogP contribution in [0.5, 0.6) is 0 Å². The molecule has 352 valence electrons. The maximum absolute atomic E-state index is 12.7. The molecule has 0 amide bonds. The predicted molar refractivity (Wildman–Crippen MR) is 261 cm³/mol. The first-order valence-corrected chi connectivity index (χ1v) is 25.8. The normalized spacial score (nSPS) is 14.4. The molecule has 0 saturated carbocycles. The summed E-state index contributed by atoms with van der Waals surface area (Å²) in [5.74, 6) is -0.334. The smallest absolute Gasteiger partial charge is 0.457 e. The molecule has 0 spiro atoms. The van der Waals surface area contributed by atoms with Crippen molar-refractivity contribution < 1.29 is 37.3 Å². The van der Waals surface area contributed by atoms with E-state index in [4.69, 9.17) is 18.5 Å². The first-order valence-electron chi connectivity index (χ1n) is 24.3. The van der Waals surface area contributed by atoms with Crippen LogP contribution in [-0.4, -0.2) is 75.6 Å². The van der Waals surface area contributed by atoms with Crippen molar-refractivity contribution in [2.75, 3.05) is 54.1 Å². The van der Waals surface area contributed by atoms with Crippen molar-refractivity contribution in [2.45, 2.75) is 187 Å². The average molecular weight is 875 g/mol. The average Bonchev–Trinajstić information content (AvgIpc) is 3.22. The Morgan fingerprint density at radius 2 is 0.951 bits per heavy atom. The van der Waals surface area contributed by atoms with E-state index in [2.05, 4.69) is 98.9 Å². The van der Waals surface area contributed by atoms with Gasteiger partial charge in [0, 0.05) is 13.0 Å². The van der Waals surface area contributed by atoms with Gasteiger partial charge < -0.3 is 18.9 Å². The first-order chi connectivity index (χ1) is 29.6. The molecule has 2 atom stereocenters. The molecular formula is C52H93NO7P+. The van der Waals surface area contributed by atoms with E-state index in [0.29, 0.717) is 24.1 Å². The van der Waals surface area contributed by atoms with Crippen molar-refractivity contribution in [3.8, 4) is 0 Å². The highest BCUT2D eigenvalue weighted by atomic mass is 31.2. The van der Waals surface area contributed by atoms with Crippen LogP contribution in [-0.2, 0) is 27.9 Å². The lowest BCUT2D eigenvalue weighted by Gasteiger charge is -2.24. The molecule has 0 aromatic heterocycles. The van der Waals surface area contributed by atoms with Gasteiger partial charge in [0.2, 0.25) is 0 Å². The number of quaternary nitrogens is 1. The van der Waals surface area contributed by atoms with Gasteiger partial charge in [0.1, 0.15) is 19.3 Å². The Balaban J connectivity index is 4.25. The monoisotopic (exact) mass is 875 g/mol. The van der Waals surface area contributed by atoms with Crippen LogP contribution in [0.1, 0.15) is 181 Å². The van der Waals surface area contributed by atoms with E-state index in [9.17, 15) is 14.3 Å². The van der Waals surface area contributed by atoms with Gasteiger partial charge in [0.25, 0.3) is 0 Å². The van der Waals surface area contributed by atoms with Gasteiger partial charge in [-0.1, -0.05) is 170 Å². The highest BCUT2D eigenvalue weighted by molar-refractivity contribution is 7.47. The van der Waals surface area contributed by atoms with Gasteiger partial charge in [-0.3, -0.25) is 13.8 Å². The standard InChI is InChI=1S/C52H92NO7P/c1-6-8-10-12-14-16-18-20-22-24-26-28-30-32-34-36-38-40-42-44-47-57-49-51(50-59-61(55,56)58-48-46-53(3,4)5)60-52(54)45-43-41-39-37-35-33-31-29-27-25-23-21-19-17-15-13-11-9-7-2/h9,11,14-17,20-23,26-29,51H,6-8,10,12-13,18-19,24-25,30-50H2,1-5H3/p+1/b11-9-,16-14-,17-15-,22-20-,23-21-,28-26-,29-27-. The summed E-state index contributed by atoms with van der Waals surface area (Å²) in [5, 5.41) is 0. The molecule has 61 heavy (non-hydrogen) atoms. The predicted octanol–water partition coefficient (Wildman–Crippen LogP) is 14.8. The summed E-state index contributed by atoms with van der Waals surface area (Å²) in [6, 6.07) is 0. The number of hydrogen-bond donors (Lipinski definition) is 1. The Morgan fingerprint density at radius 3 is 1.43 bits per heavy atom. The highest BCUT2D eigenvalue weighted by Gasteiger charge is 2.26. The number of carbonyl (C=O) groups excluding carboxylic acids is 1. The van der Waals surface area contributed by atoms with Crippen LogP contribution in [0.4, 0.5) is 0 Å². The van der Waals surface area contributed by atoms with E-state index in [1.165, 1.54) is 70.6 Å². The third-order valence-corrected chi connectivity index (χ3v) is 10.9. The van der Waals surface area contributed by atoms with Crippen LogP contribution >= 0.6 is 7.82 Å². The van der Waals surface area contributed by atoms with Crippen LogP contribution in [0.25, 0.3) is 0 Å². The molecule has 0 aliphatic heterocycles. The molecule has 1 N–H and O–H groups in total. The molecule has 0 fully saturated rings. The minimum Gasteiger partial charge on any atom is -0.457 e. The molecule has 8 nitrogen and oxygen atoms in total. The summed E-state index contributed by atoms with van der Waals surface area (Å²) < 4.78 is 35.1. The number of esters is 1. The van der Waals surface area contributed by atoms with E-state index in [0.717, 1.165) is 89.9 Å². The van der Waals surface area contributed by atoms with Crippen molar-refractivity contribution in [1.29, 1.82) is 0 Å². The van der Waals surface area contributed by atoms with Gasteiger partial charge in [0.15, 0.2) is 0 Å². The largest absolute Gasteiger partial charge is 0.472 e. The van der Waals surface area contributed by atoms with E-state index in [1.807, 2.05) is 21.1 Å². The minimum atomic E-state index is -4.29. The Kier molecular flexibility index (Phi) is 42.6.